The van der Waals surface area contributed by atoms with E-state index in [4.69, 9.17) is 5.26 Å². The number of amides is 1. The first-order valence-corrected chi connectivity index (χ1v) is 5.24. The number of carbonyl (C=O) groups excluding carboxylic acids is 1. The van der Waals surface area contributed by atoms with Crippen molar-refractivity contribution in [3.05, 3.63) is 0 Å². The maximum absolute atomic E-state index is 11.3. The minimum atomic E-state index is -0.734. The Bertz CT molecular complexity index is 216. The lowest BCUT2D eigenvalue weighted by Gasteiger charge is -2.17. The van der Waals surface area contributed by atoms with Crippen LogP contribution in [0, 0.1) is 11.3 Å². The summed E-state index contributed by atoms with van der Waals surface area (Å²) in [4.78, 5) is 11.3. The Morgan fingerprint density at radius 3 is 2.50 bits per heavy atom. The van der Waals surface area contributed by atoms with Crippen molar-refractivity contribution in [1.82, 2.24) is 5.32 Å². The van der Waals surface area contributed by atoms with E-state index in [9.17, 15) is 4.79 Å². The highest BCUT2D eigenvalue weighted by Gasteiger charge is 2.18. The van der Waals surface area contributed by atoms with Crippen LogP contribution in [0.5, 0.6) is 0 Å². The minimum Gasteiger partial charge on any atom is -0.338 e. The van der Waals surface area contributed by atoms with Crippen LogP contribution in [0.4, 0.5) is 0 Å². The van der Waals surface area contributed by atoms with Crippen LogP contribution in [-0.4, -0.2) is 11.4 Å². The van der Waals surface area contributed by atoms with Crippen LogP contribution in [0.15, 0.2) is 0 Å². The molecule has 0 heterocycles. The molecular formula is C11H20N2O. The van der Waals surface area contributed by atoms with E-state index in [1.54, 1.807) is 13.8 Å². The molecule has 0 aromatic heterocycles. The normalized spacial score (nSPS) is 10.7. The second-order valence-electron chi connectivity index (χ2n) is 4.10. The third kappa shape index (κ3) is 6.47. The summed E-state index contributed by atoms with van der Waals surface area (Å²) in [6, 6.07) is 2.04. The zero-order valence-corrected chi connectivity index (χ0v) is 9.39. The van der Waals surface area contributed by atoms with Gasteiger partial charge in [-0.05, 0) is 20.3 Å². The molecule has 3 nitrogen and oxygen atoms in total. The standard InChI is InChI=1S/C11H20N2O/c1-4-5-6-7-8-10(14)13-11(2,3)9-12/h4-8H2,1-3H3,(H,13,14). The molecule has 3 heteroatoms. The average molecular weight is 196 g/mol. The third-order valence-corrected chi connectivity index (χ3v) is 1.99. The Morgan fingerprint density at radius 2 is 2.00 bits per heavy atom. The van der Waals surface area contributed by atoms with Gasteiger partial charge in [-0.15, -0.1) is 0 Å². The van der Waals surface area contributed by atoms with E-state index in [0.717, 1.165) is 12.8 Å². The van der Waals surface area contributed by atoms with Crippen molar-refractivity contribution < 1.29 is 4.79 Å². The molecule has 0 aromatic carbocycles. The molecule has 1 amide bonds. The topological polar surface area (TPSA) is 52.9 Å². The minimum absolute atomic E-state index is 0.0207. The molecule has 0 rings (SSSR count). The lowest BCUT2D eigenvalue weighted by atomic mass is 10.1. The van der Waals surface area contributed by atoms with Crippen molar-refractivity contribution in [1.29, 1.82) is 5.26 Å². The molecule has 0 aliphatic heterocycles. The van der Waals surface area contributed by atoms with E-state index in [1.807, 2.05) is 6.07 Å². The van der Waals surface area contributed by atoms with E-state index >= 15 is 0 Å². The number of nitrogens with one attached hydrogen (secondary N) is 1. The molecular weight excluding hydrogens is 176 g/mol. The highest BCUT2D eigenvalue weighted by atomic mass is 16.1. The molecule has 0 aliphatic carbocycles. The first kappa shape index (κ1) is 13.0. The fourth-order valence-electron chi connectivity index (χ4n) is 1.15. The number of nitriles is 1. The number of rotatable bonds is 6. The van der Waals surface area contributed by atoms with Crippen LogP contribution >= 0.6 is 0 Å². The smallest absolute Gasteiger partial charge is 0.221 e. The Labute approximate surface area is 86.5 Å². The zero-order chi connectivity index (χ0) is 11.0. The fraction of sp³-hybridized carbons (Fsp3) is 0.818. The highest BCUT2D eigenvalue weighted by molar-refractivity contribution is 5.77. The number of hydrogen-bond donors (Lipinski definition) is 1. The predicted molar refractivity (Wildman–Crippen MR) is 56.6 cm³/mol. The second-order valence-corrected chi connectivity index (χ2v) is 4.10. The quantitative estimate of drug-likeness (QED) is 0.663. The molecule has 0 aromatic rings. The molecule has 0 unspecified atom stereocenters. The summed E-state index contributed by atoms with van der Waals surface area (Å²) >= 11 is 0. The summed E-state index contributed by atoms with van der Waals surface area (Å²) < 4.78 is 0. The molecule has 0 bridgehead atoms. The summed E-state index contributed by atoms with van der Waals surface area (Å²) in [5.74, 6) is -0.0207. The van der Waals surface area contributed by atoms with Gasteiger partial charge in [-0.1, -0.05) is 26.2 Å². The van der Waals surface area contributed by atoms with Gasteiger partial charge in [0.25, 0.3) is 0 Å². The van der Waals surface area contributed by atoms with E-state index < -0.39 is 5.54 Å². The Balaban J connectivity index is 3.62. The lowest BCUT2D eigenvalue weighted by Crippen LogP contribution is -2.41. The molecule has 0 saturated carbocycles. The first-order chi connectivity index (χ1) is 6.52. The monoisotopic (exact) mass is 196 g/mol. The SMILES string of the molecule is CCCCCCC(=O)NC(C)(C)C#N. The number of carbonyl (C=O) groups is 1. The van der Waals surface area contributed by atoms with Gasteiger partial charge in [0.05, 0.1) is 6.07 Å². The summed E-state index contributed by atoms with van der Waals surface area (Å²) in [5.41, 5.74) is -0.734. The molecule has 0 atom stereocenters. The second kappa shape index (κ2) is 6.42. The van der Waals surface area contributed by atoms with Crippen molar-refractivity contribution >= 4 is 5.91 Å². The Hall–Kier alpha value is -1.04. The van der Waals surface area contributed by atoms with E-state index in [0.29, 0.717) is 6.42 Å². The average Bonchev–Trinajstić information content (AvgIpc) is 2.12. The van der Waals surface area contributed by atoms with Gasteiger partial charge >= 0.3 is 0 Å². The lowest BCUT2D eigenvalue weighted by molar-refractivity contribution is -0.122. The maximum atomic E-state index is 11.3. The van der Waals surface area contributed by atoms with E-state index in [1.165, 1.54) is 12.8 Å². The molecule has 0 radical (unpaired) electrons. The van der Waals surface area contributed by atoms with Crippen molar-refractivity contribution in [3.63, 3.8) is 0 Å². The Morgan fingerprint density at radius 1 is 1.36 bits per heavy atom. The summed E-state index contributed by atoms with van der Waals surface area (Å²) in [5, 5.41) is 11.4. The molecule has 0 fully saturated rings. The summed E-state index contributed by atoms with van der Waals surface area (Å²) in [7, 11) is 0. The van der Waals surface area contributed by atoms with Gasteiger partial charge in [0.2, 0.25) is 5.91 Å². The molecule has 0 aliphatic rings. The van der Waals surface area contributed by atoms with Gasteiger partial charge in [-0.2, -0.15) is 5.26 Å². The van der Waals surface area contributed by atoms with Crippen molar-refractivity contribution in [2.75, 3.05) is 0 Å². The van der Waals surface area contributed by atoms with Gasteiger partial charge < -0.3 is 5.32 Å². The molecule has 1 N–H and O–H groups in total. The van der Waals surface area contributed by atoms with Crippen molar-refractivity contribution in [3.8, 4) is 6.07 Å². The third-order valence-electron chi connectivity index (χ3n) is 1.99. The summed E-state index contributed by atoms with van der Waals surface area (Å²) in [6.07, 6.45) is 4.89. The van der Waals surface area contributed by atoms with E-state index in [-0.39, 0.29) is 5.91 Å². The first-order valence-electron chi connectivity index (χ1n) is 5.24. The molecule has 80 valence electrons. The van der Waals surface area contributed by atoms with Crippen LogP contribution < -0.4 is 5.32 Å². The van der Waals surface area contributed by atoms with Gasteiger partial charge in [0.15, 0.2) is 0 Å². The molecule has 14 heavy (non-hydrogen) atoms. The van der Waals surface area contributed by atoms with Crippen LogP contribution in [0.25, 0.3) is 0 Å². The number of nitrogens with zero attached hydrogens (tertiary/aromatic N) is 1. The summed E-state index contributed by atoms with van der Waals surface area (Å²) in [6.45, 7) is 5.55. The largest absolute Gasteiger partial charge is 0.338 e. The fourth-order valence-corrected chi connectivity index (χ4v) is 1.15. The van der Waals surface area contributed by atoms with Crippen LogP contribution in [0.2, 0.25) is 0 Å². The van der Waals surface area contributed by atoms with Crippen LogP contribution in [0.3, 0.4) is 0 Å². The predicted octanol–water partition coefficient (Wildman–Crippen LogP) is 2.38. The highest BCUT2D eigenvalue weighted by Crippen LogP contribution is 2.04. The molecule has 0 spiro atoms. The van der Waals surface area contributed by atoms with Gasteiger partial charge in [-0.3, -0.25) is 4.79 Å². The van der Waals surface area contributed by atoms with Crippen molar-refractivity contribution in [2.24, 2.45) is 0 Å². The van der Waals surface area contributed by atoms with Crippen molar-refractivity contribution in [2.45, 2.75) is 58.4 Å². The van der Waals surface area contributed by atoms with Crippen LogP contribution in [-0.2, 0) is 4.79 Å². The van der Waals surface area contributed by atoms with Gasteiger partial charge in [0.1, 0.15) is 5.54 Å². The van der Waals surface area contributed by atoms with E-state index in [2.05, 4.69) is 12.2 Å². The zero-order valence-electron chi connectivity index (χ0n) is 9.39. The Kier molecular flexibility index (Phi) is 5.94. The van der Waals surface area contributed by atoms with Crippen LogP contribution in [0.1, 0.15) is 52.9 Å². The number of unbranched alkanes of at least 4 members (excludes halogenated alkanes) is 3. The van der Waals surface area contributed by atoms with Gasteiger partial charge in [0, 0.05) is 6.42 Å². The molecule has 0 saturated heterocycles. The number of hydrogen-bond acceptors (Lipinski definition) is 2. The maximum Gasteiger partial charge on any atom is 0.221 e. The van der Waals surface area contributed by atoms with Gasteiger partial charge in [-0.25, -0.2) is 0 Å².